The molecule has 0 saturated carbocycles. The molecule has 5 aromatic carbocycles. The number of nitrogens with one attached hydrogen (secondary N) is 3. The van der Waals surface area contributed by atoms with Crippen LogP contribution in [0.2, 0.25) is 0 Å². The van der Waals surface area contributed by atoms with Gasteiger partial charge >= 0.3 is 6.09 Å². The van der Waals surface area contributed by atoms with Crippen LogP contribution in [0.5, 0.6) is 11.5 Å². The number of ether oxygens (including phenoxy) is 2. The SMILES string of the molecule is N[C@@H](Cc1ccc(OCc2ccccc2)cc1)C(=O)N(C(=O)[C@H](Cc1ccc(O)cc1)NC(=O)CNC(=O)OCc1ccccc1)C(C(=O)NSc1nncs1)c1ccccc1. The summed E-state index contributed by atoms with van der Waals surface area (Å²) in [6, 6.07) is 35.3. The number of hydrogen-bond acceptors (Lipinski definition) is 13. The van der Waals surface area contributed by atoms with Crippen LogP contribution in [0.4, 0.5) is 4.79 Å². The number of phenolic OH excluding ortho intramolecular Hbond substituents is 1. The Morgan fingerprint density at radius 2 is 1.32 bits per heavy atom. The van der Waals surface area contributed by atoms with Crippen LogP contribution in [0.3, 0.4) is 0 Å². The summed E-state index contributed by atoms with van der Waals surface area (Å²) >= 11 is 2.03. The Kier molecular flexibility index (Phi) is 16.1. The fraction of sp³-hybridized carbons (Fsp3) is 0.178. The smallest absolute Gasteiger partial charge is 0.407 e. The van der Waals surface area contributed by atoms with Gasteiger partial charge in [0, 0.05) is 18.4 Å². The first-order valence-corrected chi connectivity index (χ1v) is 21.0. The van der Waals surface area contributed by atoms with Gasteiger partial charge in [-0.15, -0.1) is 10.2 Å². The summed E-state index contributed by atoms with van der Waals surface area (Å²) in [5.41, 5.74) is 11.3. The molecule has 17 heteroatoms. The Bertz CT molecular complexity index is 2380. The van der Waals surface area contributed by atoms with Crippen LogP contribution in [0, 0.1) is 0 Å². The largest absolute Gasteiger partial charge is 0.508 e. The van der Waals surface area contributed by atoms with E-state index >= 15 is 4.79 Å². The summed E-state index contributed by atoms with van der Waals surface area (Å²) in [6.07, 6.45) is -1.10. The van der Waals surface area contributed by atoms with E-state index in [1.165, 1.54) is 29.0 Å². The number of rotatable bonds is 19. The monoisotopic (exact) mass is 873 g/mol. The second kappa shape index (κ2) is 22.5. The highest BCUT2D eigenvalue weighted by Gasteiger charge is 2.41. The third kappa shape index (κ3) is 13.2. The normalized spacial score (nSPS) is 12.2. The van der Waals surface area contributed by atoms with Gasteiger partial charge < -0.3 is 30.9 Å². The van der Waals surface area contributed by atoms with Gasteiger partial charge in [-0.2, -0.15) is 0 Å². The number of aromatic hydroxyl groups is 1. The van der Waals surface area contributed by atoms with E-state index in [4.69, 9.17) is 15.2 Å². The number of imide groups is 1. The van der Waals surface area contributed by atoms with Gasteiger partial charge in [0.1, 0.15) is 48.9 Å². The zero-order valence-electron chi connectivity index (χ0n) is 33.2. The molecule has 3 atom stereocenters. The van der Waals surface area contributed by atoms with Crippen LogP contribution in [0.15, 0.2) is 149 Å². The molecular weight excluding hydrogens is 831 g/mol. The molecule has 0 aliphatic rings. The maximum atomic E-state index is 15.1. The molecule has 318 valence electrons. The lowest BCUT2D eigenvalue weighted by Gasteiger charge is -2.34. The fourth-order valence-corrected chi connectivity index (χ4v) is 7.28. The molecule has 1 aromatic heterocycles. The summed E-state index contributed by atoms with van der Waals surface area (Å²) in [7, 11) is 0. The molecule has 0 bridgehead atoms. The van der Waals surface area contributed by atoms with Gasteiger partial charge in [-0.1, -0.05) is 127 Å². The first-order chi connectivity index (χ1) is 30.1. The molecule has 0 aliphatic carbocycles. The second-order valence-electron chi connectivity index (χ2n) is 13.8. The van der Waals surface area contributed by atoms with Gasteiger partial charge in [-0.25, -0.2) is 4.79 Å². The molecule has 0 aliphatic heterocycles. The molecule has 0 radical (unpaired) electrons. The third-order valence-corrected chi connectivity index (χ3v) is 10.8. The van der Waals surface area contributed by atoms with E-state index in [-0.39, 0.29) is 30.8 Å². The van der Waals surface area contributed by atoms with Crippen molar-refractivity contribution in [2.24, 2.45) is 5.73 Å². The van der Waals surface area contributed by atoms with E-state index in [9.17, 15) is 24.3 Å². The Morgan fingerprint density at radius 1 is 0.726 bits per heavy atom. The van der Waals surface area contributed by atoms with Crippen molar-refractivity contribution in [3.05, 3.63) is 173 Å². The predicted octanol–water partition coefficient (Wildman–Crippen LogP) is 5.27. The third-order valence-electron chi connectivity index (χ3n) is 9.24. The minimum absolute atomic E-state index is 0.0335. The number of alkyl carbamates (subject to hydrolysis) is 1. The molecule has 62 heavy (non-hydrogen) atoms. The summed E-state index contributed by atoms with van der Waals surface area (Å²) in [6.45, 7) is -0.279. The standard InChI is InChI=1S/C45H43N7O8S2/c46-37(24-30-18-22-36(23-19-30)59-27-32-10-4-1-5-11-32)42(56)52(40(34-14-8-3-9-15-34)41(55)51-62-45-50-48-29-61-45)43(57)38(25-31-16-20-35(53)21-17-31)49-39(54)26-47-44(58)60-28-33-12-6-2-7-13-33/h1-23,29,37-38,40,53H,24-28,46H2,(H,47,58)(H,49,54)(H,51,55)/t37-,38-,40?/m0/s1. The van der Waals surface area contributed by atoms with Crippen molar-refractivity contribution in [1.29, 1.82) is 0 Å². The zero-order chi connectivity index (χ0) is 43.7. The number of aromatic nitrogens is 2. The lowest BCUT2D eigenvalue weighted by Crippen LogP contribution is -2.58. The number of carbonyl (C=O) groups excluding carboxylic acids is 5. The number of nitrogens with zero attached hydrogens (tertiary/aromatic N) is 3. The molecule has 0 spiro atoms. The maximum absolute atomic E-state index is 15.1. The number of amides is 5. The molecule has 0 fully saturated rings. The van der Waals surface area contributed by atoms with Crippen molar-refractivity contribution in [3.8, 4) is 11.5 Å². The number of nitrogens with two attached hydrogens (primary N) is 1. The van der Waals surface area contributed by atoms with Gasteiger partial charge in [0.2, 0.25) is 11.8 Å². The summed E-state index contributed by atoms with van der Waals surface area (Å²) in [5.74, 6) is -2.87. The summed E-state index contributed by atoms with van der Waals surface area (Å²) < 4.78 is 14.2. The number of benzene rings is 5. The highest BCUT2D eigenvalue weighted by atomic mass is 32.2. The molecule has 6 aromatic rings. The number of hydrogen-bond donors (Lipinski definition) is 5. The molecule has 6 N–H and O–H groups in total. The van der Waals surface area contributed by atoms with Crippen LogP contribution in [-0.2, 0) is 50.0 Å². The fourth-order valence-electron chi connectivity index (χ4n) is 6.16. The van der Waals surface area contributed by atoms with Crippen LogP contribution in [-0.4, -0.2) is 68.6 Å². The Balaban J connectivity index is 1.27. The molecule has 6 rings (SSSR count). The van der Waals surface area contributed by atoms with Crippen LogP contribution < -0.4 is 25.8 Å². The predicted molar refractivity (Wildman–Crippen MR) is 232 cm³/mol. The Morgan fingerprint density at radius 3 is 1.95 bits per heavy atom. The Hall–Kier alpha value is -7.08. The van der Waals surface area contributed by atoms with Crippen molar-refractivity contribution in [2.75, 3.05) is 6.54 Å². The first kappa shape index (κ1) is 44.5. The summed E-state index contributed by atoms with van der Waals surface area (Å²) in [4.78, 5) is 71.0. The van der Waals surface area contributed by atoms with E-state index in [0.717, 1.165) is 28.0 Å². The van der Waals surface area contributed by atoms with Crippen LogP contribution in [0.1, 0.15) is 33.9 Å². The Labute approximate surface area is 365 Å². The van der Waals surface area contributed by atoms with Crippen molar-refractivity contribution >= 4 is 53.0 Å². The second-order valence-corrected chi connectivity index (χ2v) is 15.7. The number of phenols is 1. The van der Waals surface area contributed by atoms with Gasteiger partial charge in [0.25, 0.3) is 11.8 Å². The lowest BCUT2D eigenvalue weighted by atomic mass is 9.98. The average molecular weight is 874 g/mol. The molecule has 15 nitrogen and oxygen atoms in total. The minimum Gasteiger partial charge on any atom is -0.508 e. The van der Waals surface area contributed by atoms with Gasteiger partial charge in [0.15, 0.2) is 4.34 Å². The van der Waals surface area contributed by atoms with Gasteiger partial charge in [0.05, 0.1) is 6.04 Å². The topological polar surface area (TPSA) is 215 Å². The molecule has 5 amide bonds. The van der Waals surface area contributed by atoms with Gasteiger partial charge in [-0.05, 0) is 58.5 Å². The maximum Gasteiger partial charge on any atom is 0.407 e. The highest BCUT2D eigenvalue weighted by Crippen LogP contribution is 2.27. The number of carbonyl (C=O) groups is 5. The summed E-state index contributed by atoms with van der Waals surface area (Å²) in [5, 5.41) is 22.7. The van der Waals surface area contributed by atoms with E-state index in [1.807, 2.05) is 36.4 Å². The molecule has 0 saturated heterocycles. The van der Waals surface area contributed by atoms with Crippen molar-refractivity contribution in [2.45, 2.75) is 48.5 Å². The molecule has 1 heterocycles. The van der Waals surface area contributed by atoms with Crippen LogP contribution in [0.25, 0.3) is 0 Å². The van der Waals surface area contributed by atoms with E-state index < -0.39 is 54.4 Å². The van der Waals surface area contributed by atoms with E-state index in [0.29, 0.717) is 27.8 Å². The first-order valence-electron chi connectivity index (χ1n) is 19.3. The van der Waals surface area contributed by atoms with Crippen LogP contribution >= 0.6 is 23.3 Å². The molecule has 1 unspecified atom stereocenters. The quantitative estimate of drug-likeness (QED) is 0.0659. The lowest BCUT2D eigenvalue weighted by molar-refractivity contribution is -0.154. The van der Waals surface area contributed by atoms with Crippen molar-refractivity contribution < 1.29 is 38.6 Å². The molecular formula is C45H43N7O8S2. The van der Waals surface area contributed by atoms with E-state index in [1.54, 1.807) is 91.0 Å². The van der Waals surface area contributed by atoms with Crippen molar-refractivity contribution in [1.82, 2.24) is 30.5 Å². The van der Waals surface area contributed by atoms with E-state index in [2.05, 4.69) is 25.6 Å². The highest BCUT2D eigenvalue weighted by molar-refractivity contribution is 7.99. The average Bonchev–Trinajstić information content (AvgIpc) is 3.83. The minimum atomic E-state index is -1.58. The van der Waals surface area contributed by atoms with Gasteiger partial charge in [-0.3, -0.25) is 28.8 Å². The van der Waals surface area contributed by atoms with Crippen molar-refractivity contribution in [3.63, 3.8) is 0 Å². The zero-order valence-corrected chi connectivity index (χ0v) is 34.8.